The lowest BCUT2D eigenvalue weighted by Crippen LogP contribution is -1.96. The van der Waals surface area contributed by atoms with Crippen molar-refractivity contribution < 1.29 is 4.92 Å². The van der Waals surface area contributed by atoms with Gasteiger partial charge in [0, 0.05) is 17.8 Å². The Morgan fingerprint density at radius 2 is 2.10 bits per heavy atom. The van der Waals surface area contributed by atoms with Gasteiger partial charge in [-0.2, -0.15) is 5.26 Å². The number of nitro groups is 1. The third-order valence-electron chi connectivity index (χ3n) is 2.95. The molecule has 0 fully saturated rings. The maximum Gasteiger partial charge on any atom is 0.270 e. The van der Waals surface area contributed by atoms with Gasteiger partial charge in [0.15, 0.2) is 0 Å². The van der Waals surface area contributed by atoms with Crippen molar-refractivity contribution in [1.82, 2.24) is 0 Å². The van der Waals surface area contributed by atoms with Crippen LogP contribution in [0.15, 0.2) is 42.5 Å². The van der Waals surface area contributed by atoms with Crippen LogP contribution in [0, 0.1) is 21.4 Å². The quantitative estimate of drug-likeness (QED) is 0.675. The van der Waals surface area contributed by atoms with Crippen LogP contribution in [0.4, 0.5) is 17.1 Å². The fraction of sp³-hybridized carbons (Fsp3) is 0.133. The maximum atomic E-state index is 10.7. The molecule has 2 aromatic rings. The molecule has 0 spiro atoms. The van der Waals surface area contributed by atoms with Gasteiger partial charge in [-0.1, -0.05) is 19.1 Å². The smallest absolute Gasteiger partial charge is 0.270 e. The Balaban J connectivity index is 2.33. The van der Waals surface area contributed by atoms with Crippen molar-refractivity contribution in [3.05, 3.63) is 63.7 Å². The van der Waals surface area contributed by atoms with E-state index in [1.807, 2.05) is 30.3 Å². The summed E-state index contributed by atoms with van der Waals surface area (Å²) in [5.74, 6) is 0. The highest BCUT2D eigenvalue weighted by Crippen LogP contribution is 2.25. The summed E-state index contributed by atoms with van der Waals surface area (Å²) < 4.78 is 0. The zero-order chi connectivity index (χ0) is 14.5. The molecule has 0 radical (unpaired) electrons. The van der Waals surface area contributed by atoms with Crippen molar-refractivity contribution in [3.8, 4) is 6.07 Å². The molecule has 20 heavy (non-hydrogen) atoms. The van der Waals surface area contributed by atoms with Crippen molar-refractivity contribution in [1.29, 1.82) is 5.26 Å². The predicted octanol–water partition coefficient (Wildman–Crippen LogP) is 3.77. The Morgan fingerprint density at radius 3 is 2.75 bits per heavy atom. The van der Waals surface area contributed by atoms with Gasteiger partial charge in [0.05, 0.1) is 16.2 Å². The molecule has 0 bridgehead atoms. The second-order valence-corrected chi connectivity index (χ2v) is 4.28. The molecule has 100 valence electrons. The van der Waals surface area contributed by atoms with Gasteiger partial charge in [0.25, 0.3) is 5.69 Å². The van der Waals surface area contributed by atoms with Crippen molar-refractivity contribution in [2.75, 3.05) is 5.32 Å². The number of hydrogen-bond acceptors (Lipinski definition) is 4. The highest BCUT2D eigenvalue weighted by Gasteiger charge is 2.10. The van der Waals surface area contributed by atoms with Crippen LogP contribution in [0.1, 0.15) is 18.1 Å². The van der Waals surface area contributed by atoms with Gasteiger partial charge in [0.2, 0.25) is 0 Å². The van der Waals surface area contributed by atoms with Crippen LogP contribution in [0.3, 0.4) is 0 Å². The normalized spacial score (nSPS) is 9.80. The summed E-state index contributed by atoms with van der Waals surface area (Å²) in [6.07, 6.45) is 0.918. The molecule has 0 aromatic heterocycles. The van der Waals surface area contributed by atoms with Crippen molar-refractivity contribution in [2.45, 2.75) is 13.3 Å². The fourth-order valence-electron chi connectivity index (χ4n) is 1.87. The SMILES string of the molecule is CCc1cccc(Nc2ccc([N+](=O)[O-])cc2C#N)c1. The van der Waals surface area contributed by atoms with E-state index >= 15 is 0 Å². The average molecular weight is 267 g/mol. The highest BCUT2D eigenvalue weighted by molar-refractivity contribution is 5.68. The van der Waals surface area contributed by atoms with E-state index in [0.717, 1.165) is 12.1 Å². The summed E-state index contributed by atoms with van der Waals surface area (Å²) >= 11 is 0. The van der Waals surface area contributed by atoms with Crippen molar-refractivity contribution >= 4 is 17.1 Å². The minimum absolute atomic E-state index is 0.0885. The van der Waals surface area contributed by atoms with Crippen molar-refractivity contribution in [3.63, 3.8) is 0 Å². The first kappa shape index (κ1) is 13.6. The number of benzene rings is 2. The molecule has 5 nitrogen and oxygen atoms in total. The standard InChI is InChI=1S/C15H13N3O2/c1-2-11-4-3-5-13(8-11)17-15-7-6-14(18(19)20)9-12(15)10-16/h3-9,17H,2H2,1H3. The van der Waals surface area contributed by atoms with Crippen LogP contribution in [-0.2, 0) is 6.42 Å². The van der Waals surface area contributed by atoms with Crippen LogP contribution in [0.2, 0.25) is 0 Å². The molecule has 0 saturated carbocycles. The molecular weight excluding hydrogens is 254 g/mol. The largest absolute Gasteiger partial charge is 0.354 e. The Labute approximate surface area is 116 Å². The van der Waals surface area contributed by atoms with E-state index in [2.05, 4.69) is 12.2 Å². The van der Waals surface area contributed by atoms with E-state index in [-0.39, 0.29) is 11.3 Å². The molecule has 0 aliphatic heterocycles. The Morgan fingerprint density at radius 1 is 1.30 bits per heavy atom. The van der Waals surface area contributed by atoms with Crippen molar-refractivity contribution in [2.24, 2.45) is 0 Å². The monoisotopic (exact) mass is 267 g/mol. The lowest BCUT2D eigenvalue weighted by atomic mass is 10.1. The number of aryl methyl sites for hydroxylation is 1. The first-order valence-corrected chi connectivity index (χ1v) is 6.18. The van der Waals surface area contributed by atoms with Gasteiger partial charge in [-0.25, -0.2) is 0 Å². The van der Waals surface area contributed by atoms with E-state index < -0.39 is 4.92 Å². The Kier molecular flexibility index (Phi) is 3.96. The summed E-state index contributed by atoms with van der Waals surface area (Å²) in [4.78, 5) is 10.2. The third kappa shape index (κ3) is 2.93. The van der Waals surface area contributed by atoms with Gasteiger partial charge >= 0.3 is 0 Å². The molecule has 5 heteroatoms. The number of hydrogen-bond donors (Lipinski definition) is 1. The van der Waals surface area contributed by atoms with E-state index in [0.29, 0.717) is 5.69 Å². The van der Waals surface area contributed by atoms with Gasteiger partial charge in [-0.3, -0.25) is 10.1 Å². The minimum atomic E-state index is -0.512. The maximum absolute atomic E-state index is 10.7. The zero-order valence-electron chi connectivity index (χ0n) is 11.0. The summed E-state index contributed by atoms with van der Waals surface area (Å²) in [6.45, 7) is 2.06. The topological polar surface area (TPSA) is 79.0 Å². The first-order valence-electron chi connectivity index (χ1n) is 6.18. The number of nitrogens with zero attached hydrogens (tertiary/aromatic N) is 2. The summed E-state index contributed by atoms with van der Waals surface area (Å²) in [7, 11) is 0. The zero-order valence-corrected chi connectivity index (χ0v) is 11.0. The highest BCUT2D eigenvalue weighted by atomic mass is 16.6. The second kappa shape index (κ2) is 5.85. The molecule has 0 amide bonds. The van der Waals surface area contributed by atoms with Crippen LogP contribution in [0.25, 0.3) is 0 Å². The van der Waals surface area contributed by atoms with Crippen LogP contribution < -0.4 is 5.32 Å². The molecular formula is C15H13N3O2. The number of rotatable bonds is 4. The van der Waals surface area contributed by atoms with Crippen LogP contribution in [0.5, 0.6) is 0 Å². The number of nitriles is 1. The Bertz CT molecular complexity index is 690. The molecule has 0 aliphatic rings. The van der Waals surface area contributed by atoms with Gasteiger partial charge < -0.3 is 5.32 Å². The number of non-ortho nitro benzene ring substituents is 1. The summed E-state index contributed by atoms with van der Waals surface area (Å²) in [5, 5.41) is 22.9. The third-order valence-corrected chi connectivity index (χ3v) is 2.95. The minimum Gasteiger partial charge on any atom is -0.354 e. The molecule has 0 aliphatic carbocycles. The van der Waals surface area contributed by atoms with E-state index in [1.54, 1.807) is 6.07 Å². The average Bonchev–Trinajstić information content (AvgIpc) is 2.47. The lowest BCUT2D eigenvalue weighted by Gasteiger charge is -2.09. The van der Waals surface area contributed by atoms with E-state index in [9.17, 15) is 10.1 Å². The molecule has 1 N–H and O–H groups in total. The summed E-state index contributed by atoms with van der Waals surface area (Å²) in [5.41, 5.74) is 2.76. The second-order valence-electron chi connectivity index (χ2n) is 4.28. The van der Waals surface area contributed by atoms with Crippen LogP contribution in [-0.4, -0.2) is 4.92 Å². The number of nitrogens with one attached hydrogen (secondary N) is 1. The number of anilines is 2. The molecule has 0 heterocycles. The molecule has 0 unspecified atom stereocenters. The van der Waals surface area contributed by atoms with E-state index in [4.69, 9.17) is 5.26 Å². The molecule has 0 atom stereocenters. The van der Waals surface area contributed by atoms with E-state index in [1.165, 1.54) is 17.7 Å². The molecule has 2 rings (SSSR count). The molecule has 2 aromatic carbocycles. The molecule has 0 saturated heterocycles. The first-order chi connectivity index (χ1) is 9.63. The van der Waals surface area contributed by atoms with Crippen LogP contribution >= 0.6 is 0 Å². The van der Waals surface area contributed by atoms with Gasteiger partial charge in [-0.15, -0.1) is 0 Å². The van der Waals surface area contributed by atoms with Gasteiger partial charge in [0.1, 0.15) is 6.07 Å². The Hall–Kier alpha value is -2.87. The fourth-order valence-corrected chi connectivity index (χ4v) is 1.87. The number of nitro benzene ring substituents is 1. The summed E-state index contributed by atoms with van der Waals surface area (Å²) in [6, 6.07) is 14.0. The predicted molar refractivity (Wildman–Crippen MR) is 76.9 cm³/mol. The van der Waals surface area contributed by atoms with Gasteiger partial charge in [-0.05, 0) is 30.2 Å². The lowest BCUT2D eigenvalue weighted by molar-refractivity contribution is -0.384.